The van der Waals surface area contributed by atoms with Gasteiger partial charge in [-0.1, -0.05) is 48.5 Å². The van der Waals surface area contributed by atoms with E-state index in [1.807, 2.05) is 66.7 Å². The zero-order chi connectivity index (χ0) is 32.7. The van der Waals surface area contributed by atoms with Crippen LogP contribution in [-0.4, -0.2) is 44.0 Å². The van der Waals surface area contributed by atoms with Crippen LogP contribution < -0.4 is 23.8 Å². The highest BCUT2D eigenvalue weighted by Crippen LogP contribution is 2.23. The van der Waals surface area contributed by atoms with Crippen LogP contribution in [0, 0.1) is 0 Å². The molecule has 4 aromatic carbocycles. The molecule has 0 saturated heterocycles. The molecule has 4 aromatic rings. The highest BCUT2D eigenvalue weighted by Gasteiger charge is 2.24. The first-order valence-corrected chi connectivity index (χ1v) is 15.7. The van der Waals surface area contributed by atoms with E-state index in [-0.39, 0.29) is 17.6 Å². The van der Waals surface area contributed by atoms with Crippen molar-refractivity contribution in [3.63, 3.8) is 0 Å². The lowest BCUT2D eigenvalue weighted by Gasteiger charge is -2.14. The second-order valence-corrected chi connectivity index (χ2v) is 10.8. The average molecular weight is 632 g/mol. The first-order valence-electron chi connectivity index (χ1n) is 15.7. The zero-order valence-corrected chi connectivity index (χ0v) is 26.1. The van der Waals surface area contributed by atoms with E-state index in [4.69, 9.17) is 18.9 Å². The van der Waals surface area contributed by atoms with Gasteiger partial charge >= 0.3 is 0 Å². The molecule has 0 spiro atoms. The van der Waals surface area contributed by atoms with Gasteiger partial charge in [-0.15, -0.1) is 0 Å². The maximum atomic E-state index is 12.2. The molecule has 0 unspecified atom stereocenters. The third-order valence-corrected chi connectivity index (χ3v) is 7.29. The first-order chi connectivity index (χ1) is 23.0. The van der Waals surface area contributed by atoms with Crippen LogP contribution in [0.25, 0.3) is 6.08 Å². The molecule has 0 fully saturated rings. The summed E-state index contributed by atoms with van der Waals surface area (Å²) in [5.41, 5.74) is 2.12. The Hall–Kier alpha value is -5.63. The number of carbonyl (C=O) groups excluding carboxylic acids is 3. The Morgan fingerprint density at radius 3 is 1.49 bits per heavy atom. The highest BCUT2D eigenvalue weighted by atomic mass is 16.5. The summed E-state index contributed by atoms with van der Waals surface area (Å²) in [5.74, 6) is 2.29. The van der Waals surface area contributed by atoms with Crippen LogP contribution in [0.2, 0.25) is 0 Å². The minimum absolute atomic E-state index is 0.0317. The summed E-state index contributed by atoms with van der Waals surface area (Å²) in [7, 11) is 0. The van der Waals surface area contributed by atoms with Crippen LogP contribution in [-0.2, 0) is 9.59 Å². The van der Waals surface area contributed by atoms with Crippen molar-refractivity contribution in [2.45, 2.75) is 25.7 Å². The average Bonchev–Trinajstić information content (AvgIpc) is 3.45. The lowest BCUT2D eigenvalue weighted by molar-refractivity contribution is -0.119. The molecule has 0 atom stereocenters. The van der Waals surface area contributed by atoms with Gasteiger partial charge in [-0.2, -0.15) is 0 Å². The predicted octanol–water partition coefficient (Wildman–Crippen LogP) is 7.49. The van der Waals surface area contributed by atoms with Crippen LogP contribution in [0.4, 0.5) is 5.69 Å². The standard InChI is InChI=1S/C39H37NO7/c41-37(31-8-4-3-5-9-31)23-12-30-10-15-33(16-11-30)46-28-29-47-36-21-19-35(20-22-36)45-27-7-2-1-6-26-44-34-17-13-32(14-18-34)40-38(42)24-25-39(40)43/h3-5,8-25H,1-2,6-7,26-29H2/b23-12+. The number of imide groups is 1. The van der Waals surface area contributed by atoms with Crippen molar-refractivity contribution in [2.24, 2.45) is 0 Å². The van der Waals surface area contributed by atoms with Crippen molar-refractivity contribution in [1.82, 2.24) is 0 Å². The van der Waals surface area contributed by atoms with Gasteiger partial charge in [-0.05, 0) is 98.0 Å². The summed E-state index contributed by atoms with van der Waals surface area (Å²) in [6, 6.07) is 31.3. The van der Waals surface area contributed by atoms with Crippen molar-refractivity contribution in [3.8, 4) is 23.0 Å². The Morgan fingerprint density at radius 1 is 0.532 bits per heavy atom. The van der Waals surface area contributed by atoms with Gasteiger partial charge in [-0.3, -0.25) is 14.4 Å². The van der Waals surface area contributed by atoms with Gasteiger partial charge < -0.3 is 18.9 Å². The number of rotatable bonds is 18. The van der Waals surface area contributed by atoms with Gasteiger partial charge in [0.1, 0.15) is 36.2 Å². The molecule has 1 aliphatic rings. The van der Waals surface area contributed by atoms with Crippen molar-refractivity contribution >= 4 is 29.4 Å². The Labute approximate surface area is 274 Å². The quantitative estimate of drug-likeness (QED) is 0.0486. The van der Waals surface area contributed by atoms with Crippen LogP contribution in [0.3, 0.4) is 0 Å². The summed E-state index contributed by atoms with van der Waals surface area (Å²) in [5, 5.41) is 0. The Balaban J connectivity index is 0.888. The SMILES string of the molecule is O=C(/C=C/c1ccc(OCCOc2ccc(OCCCCCCOc3ccc(N4C(=O)C=CC4=O)cc3)cc2)cc1)c1ccccc1. The third kappa shape index (κ3) is 10.2. The molecule has 0 bridgehead atoms. The van der Waals surface area contributed by atoms with E-state index in [2.05, 4.69) is 0 Å². The van der Waals surface area contributed by atoms with Crippen molar-refractivity contribution in [1.29, 1.82) is 0 Å². The fraction of sp³-hybridized carbons (Fsp3) is 0.205. The number of benzene rings is 4. The van der Waals surface area contributed by atoms with Gasteiger partial charge in [0.2, 0.25) is 0 Å². The minimum atomic E-state index is -0.333. The van der Waals surface area contributed by atoms with E-state index in [9.17, 15) is 14.4 Å². The van der Waals surface area contributed by atoms with E-state index in [1.54, 1.807) is 48.6 Å². The summed E-state index contributed by atoms with van der Waals surface area (Å²) in [6.45, 7) is 2.04. The Bertz CT molecular complexity index is 1640. The molecule has 5 rings (SSSR count). The van der Waals surface area contributed by atoms with Crippen LogP contribution >= 0.6 is 0 Å². The lowest BCUT2D eigenvalue weighted by atomic mass is 10.1. The first kappa shape index (κ1) is 32.8. The third-order valence-electron chi connectivity index (χ3n) is 7.29. The van der Waals surface area contributed by atoms with Crippen molar-refractivity contribution in [3.05, 3.63) is 132 Å². The molecule has 2 amide bonds. The van der Waals surface area contributed by atoms with Gasteiger partial charge in [0, 0.05) is 17.7 Å². The number of unbranched alkanes of at least 4 members (excludes halogenated alkanes) is 3. The number of hydrogen-bond acceptors (Lipinski definition) is 7. The maximum Gasteiger partial charge on any atom is 0.258 e. The molecule has 0 saturated carbocycles. The van der Waals surface area contributed by atoms with E-state index in [0.29, 0.717) is 43.4 Å². The largest absolute Gasteiger partial charge is 0.494 e. The molecular formula is C39H37NO7. The number of ether oxygens (including phenoxy) is 4. The molecule has 0 aromatic heterocycles. The number of carbonyl (C=O) groups is 3. The molecule has 240 valence electrons. The molecule has 47 heavy (non-hydrogen) atoms. The van der Waals surface area contributed by atoms with Crippen LogP contribution in [0.5, 0.6) is 23.0 Å². The Kier molecular flexibility index (Phi) is 12.0. The second kappa shape index (κ2) is 17.2. The molecule has 0 N–H and O–H groups in total. The van der Waals surface area contributed by atoms with E-state index in [1.165, 1.54) is 12.2 Å². The maximum absolute atomic E-state index is 12.2. The minimum Gasteiger partial charge on any atom is -0.494 e. The summed E-state index contributed by atoms with van der Waals surface area (Å²) < 4.78 is 23.2. The van der Waals surface area contributed by atoms with Crippen molar-refractivity contribution in [2.75, 3.05) is 31.3 Å². The topological polar surface area (TPSA) is 91.4 Å². The summed E-state index contributed by atoms with van der Waals surface area (Å²) in [4.78, 5) is 36.9. The van der Waals surface area contributed by atoms with Crippen LogP contribution in [0.15, 0.2) is 121 Å². The van der Waals surface area contributed by atoms with Gasteiger partial charge in [0.25, 0.3) is 11.8 Å². The Morgan fingerprint density at radius 2 is 0.979 bits per heavy atom. The molecular weight excluding hydrogens is 594 g/mol. The number of nitrogens with zero attached hydrogens (tertiary/aromatic N) is 1. The number of hydrogen-bond donors (Lipinski definition) is 0. The molecule has 0 radical (unpaired) electrons. The van der Waals surface area contributed by atoms with Gasteiger partial charge in [-0.25, -0.2) is 4.90 Å². The normalized spacial score (nSPS) is 12.5. The molecule has 8 nitrogen and oxygen atoms in total. The van der Waals surface area contributed by atoms with Gasteiger partial charge in [0.05, 0.1) is 18.9 Å². The van der Waals surface area contributed by atoms with E-state index < -0.39 is 0 Å². The smallest absolute Gasteiger partial charge is 0.258 e. The van der Waals surface area contributed by atoms with E-state index in [0.717, 1.165) is 53.4 Å². The fourth-order valence-corrected chi connectivity index (χ4v) is 4.78. The number of allylic oxidation sites excluding steroid dienone is 1. The van der Waals surface area contributed by atoms with Crippen molar-refractivity contribution < 1.29 is 33.3 Å². The number of amides is 2. The lowest BCUT2D eigenvalue weighted by Crippen LogP contribution is -2.29. The number of anilines is 1. The fourth-order valence-electron chi connectivity index (χ4n) is 4.78. The second-order valence-electron chi connectivity index (χ2n) is 10.8. The molecule has 1 aliphatic heterocycles. The molecule has 0 aliphatic carbocycles. The van der Waals surface area contributed by atoms with Crippen LogP contribution in [0.1, 0.15) is 41.6 Å². The van der Waals surface area contributed by atoms with Gasteiger partial charge in [0.15, 0.2) is 5.78 Å². The molecule has 1 heterocycles. The summed E-state index contributed by atoms with van der Waals surface area (Å²) >= 11 is 0. The zero-order valence-electron chi connectivity index (χ0n) is 26.1. The molecule has 8 heteroatoms. The monoisotopic (exact) mass is 631 g/mol. The number of ketones is 1. The highest BCUT2D eigenvalue weighted by molar-refractivity contribution is 6.28. The van der Waals surface area contributed by atoms with E-state index >= 15 is 0 Å². The summed E-state index contributed by atoms with van der Waals surface area (Å²) in [6.07, 6.45) is 9.82. The predicted molar refractivity (Wildman–Crippen MR) is 181 cm³/mol.